The Labute approximate surface area is 160 Å². The highest BCUT2D eigenvalue weighted by molar-refractivity contribution is 5.84. The second-order valence-corrected chi connectivity index (χ2v) is 6.67. The van der Waals surface area contributed by atoms with Gasteiger partial charge in [-0.2, -0.15) is 5.10 Å². The molecule has 27 heavy (non-hydrogen) atoms. The molecule has 0 N–H and O–H groups in total. The standard InChI is InChI=1S/C21H25N3O3/c1-15(2)23-14-20(25)24(21(23)17-7-11-19(27-4)12-8-17)22-13-16-5-9-18(26-3)10-6-16/h5-13,15,21H,14H2,1-4H3. The molecule has 1 atom stereocenters. The van der Waals surface area contributed by atoms with Gasteiger partial charge in [0, 0.05) is 6.04 Å². The zero-order chi connectivity index (χ0) is 19.4. The first kappa shape index (κ1) is 18.9. The van der Waals surface area contributed by atoms with Crippen LogP contribution in [0.15, 0.2) is 53.6 Å². The summed E-state index contributed by atoms with van der Waals surface area (Å²) in [4.78, 5) is 14.8. The lowest BCUT2D eigenvalue weighted by Gasteiger charge is -2.30. The van der Waals surface area contributed by atoms with Crippen molar-refractivity contribution in [3.8, 4) is 11.5 Å². The molecule has 0 aliphatic carbocycles. The van der Waals surface area contributed by atoms with Crippen LogP contribution in [0, 0.1) is 0 Å². The Hall–Kier alpha value is -2.86. The number of carbonyl (C=O) groups excluding carboxylic acids is 1. The summed E-state index contributed by atoms with van der Waals surface area (Å²) in [6, 6.07) is 15.5. The molecule has 1 aliphatic heterocycles. The summed E-state index contributed by atoms with van der Waals surface area (Å²) < 4.78 is 10.4. The fraction of sp³-hybridized carbons (Fsp3) is 0.333. The Morgan fingerprint density at radius 1 is 1.00 bits per heavy atom. The fourth-order valence-electron chi connectivity index (χ4n) is 3.11. The summed E-state index contributed by atoms with van der Waals surface area (Å²) in [5.74, 6) is 1.55. The van der Waals surface area contributed by atoms with E-state index in [0.717, 1.165) is 22.6 Å². The molecule has 142 valence electrons. The monoisotopic (exact) mass is 367 g/mol. The van der Waals surface area contributed by atoms with Crippen molar-refractivity contribution in [3.63, 3.8) is 0 Å². The van der Waals surface area contributed by atoms with Crippen molar-refractivity contribution < 1.29 is 14.3 Å². The highest BCUT2D eigenvalue weighted by atomic mass is 16.5. The molecule has 1 unspecified atom stereocenters. The molecule has 6 nitrogen and oxygen atoms in total. The largest absolute Gasteiger partial charge is 0.497 e. The van der Waals surface area contributed by atoms with E-state index in [2.05, 4.69) is 23.8 Å². The number of hydrazone groups is 1. The van der Waals surface area contributed by atoms with Crippen molar-refractivity contribution in [1.82, 2.24) is 9.91 Å². The van der Waals surface area contributed by atoms with Gasteiger partial charge in [-0.1, -0.05) is 12.1 Å². The van der Waals surface area contributed by atoms with Gasteiger partial charge in [-0.05, 0) is 61.4 Å². The van der Waals surface area contributed by atoms with Gasteiger partial charge in [-0.3, -0.25) is 9.69 Å². The van der Waals surface area contributed by atoms with Crippen molar-refractivity contribution >= 4 is 12.1 Å². The lowest BCUT2D eigenvalue weighted by molar-refractivity contribution is -0.128. The van der Waals surface area contributed by atoms with E-state index >= 15 is 0 Å². The third kappa shape index (κ3) is 4.11. The third-order valence-electron chi connectivity index (χ3n) is 4.64. The quantitative estimate of drug-likeness (QED) is 0.735. The van der Waals surface area contributed by atoms with Crippen molar-refractivity contribution in [1.29, 1.82) is 0 Å². The van der Waals surface area contributed by atoms with Crippen LogP contribution >= 0.6 is 0 Å². The van der Waals surface area contributed by atoms with Crippen LogP contribution in [0.5, 0.6) is 11.5 Å². The lowest BCUT2D eigenvalue weighted by atomic mass is 10.1. The van der Waals surface area contributed by atoms with E-state index < -0.39 is 0 Å². The third-order valence-corrected chi connectivity index (χ3v) is 4.64. The second-order valence-electron chi connectivity index (χ2n) is 6.67. The van der Waals surface area contributed by atoms with Crippen LogP contribution in [0.2, 0.25) is 0 Å². The second kappa shape index (κ2) is 8.22. The number of rotatable bonds is 6. The average Bonchev–Trinajstić information content (AvgIpc) is 3.03. The smallest absolute Gasteiger partial charge is 0.258 e. The predicted octanol–water partition coefficient (Wildman–Crippen LogP) is 3.29. The number of benzene rings is 2. The first-order valence-electron chi connectivity index (χ1n) is 8.93. The topological polar surface area (TPSA) is 54.4 Å². The highest BCUT2D eigenvalue weighted by Crippen LogP contribution is 2.33. The lowest BCUT2D eigenvalue weighted by Crippen LogP contribution is -2.33. The van der Waals surface area contributed by atoms with E-state index in [1.54, 1.807) is 25.4 Å². The minimum atomic E-state index is -0.238. The first-order valence-corrected chi connectivity index (χ1v) is 8.93. The Balaban J connectivity index is 1.89. The van der Waals surface area contributed by atoms with Crippen molar-refractivity contribution in [2.24, 2.45) is 5.10 Å². The Kier molecular flexibility index (Phi) is 5.76. The van der Waals surface area contributed by atoms with Gasteiger partial charge in [-0.15, -0.1) is 0 Å². The maximum Gasteiger partial charge on any atom is 0.258 e. The molecule has 0 radical (unpaired) electrons. The molecule has 1 fully saturated rings. The maximum atomic E-state index is 12.6. The minimum Gasteiger partial charge on any atom is -0.497 e. The zero-order valence-electron chi connectivity index (χ0n) is 16.1. The molecule has 2 aromatic rings. The van der Waals surface area contributed by atoms with E-state index in [0.29, 0.717) is 6.54 Å². The molecule has 3 rings (SSSR count). The van der Waals surface area contributed by atoms with E-state index in [1.165, 1.54) is 0 Å². The van der Waals surface area contributed by atoms with Crippen molar-refractivity contribution in [3.05, 3.63) is 59.7 Å². The van der Waals surface area contributed by atoms with Gasteiger partial charge in [0.25, 0.3) is 5.91 Å². The molecule has 1 amide bonds. The van der Waals surface area contributed by atoms with Crippen LogP contribution in [0.25, 0.3) is 0 Å². The van der Waals surface area contributed by atoms with E-state index in [-0.39, 0.29) is 18.1 Å². The maximum absolute atomic E-state index is 12.6. The molecule has 1 saturated heterocycles. The van der Waals surface area contributed by atoms with Gasteiger partial charge in [0.1, 0.15) is 17.7 Å². The molecule has 0 spiro atoms. The normalized spacial score (nSPS) is 17.9. The summed E-state index contributed by atoms with van der Waals surface area (Å²) in [6.45, 7) is 4.51. The number of hydrogen-bond acceptors (Lipinski definition) is 5. The molecule has 1 aliphatic rings. The zero-order valence-corrected chi connectivity index (χ0v) is 16.1. The minimum absolute atomic E-state index is 0.0192. The van der Waals surface area contributed by atoms with Gasteiger partial charge < -0.3 is 9.47 Å². The molecule has 1 heterocycles. The van der Waals surface area contributed by atoms with E-state index in [4.69, 9.17) is 9.47 Å². The summed E-state index contributed by atoms with van der Waals surface area (Å²) in [5.41, 5.74) is 1.90. The van der Waals surface area contributed by atoms with Crippen LogP contribution in [-0.2, 0) is 4.79 Å². The molecule has 2 aromatic carbocycles. The molecule has 0 bridgehead atoms. The van der Waals surface area contributed by atoms with Gasteiger partial charge >= 0.3 is 0 Å². The van der Waals surface area contributed by atoms with Crippen molar-refractivity contribution in [2.45, 2.75) is 26.1 Å². The van der Waals surface area contributed by atoms with E-state index in [9.17, 15) is 4.79 Å². The van der Waals surface area contributed by atoms with Gasteiger partial charge in [-0.25, -0.2) is 5.01 Å². The Morgan fingerprint density at radius 3 is 2.07 bits per heavy atom. The van der Waals surface area contributed by atoms with Gasteiger partial charge in [0.15, 0.2) is 0 Å². The SMILES string of the molecule is COc1ccc(C=NN2C(=O)CN(C(C)C)C2c2ccc(OC)cc2)cc1. The molecular weight excluding hydrogens is 342 g/mol. The van der Waals surface area contributed by atoms with Gasteiger partial charge in [0.05, 0.1) is 27.0 Å². The number of ether oxygens (including phenoxy) is 2. The van der Waals surface area contributed by atoms with Crippen LogP contribution in [-0.4, -0.2) is 48.8 Å². The molecule has 0 saturated carbocycles. The van der Waals surface area contributed by atoms with Crippen molar-refractivity contribution in [2.75, 3.05) is 20.8 Å². The first-order chi connectivity index (χ1) is 13.0. The van der Waals surface area contributed by atoms with E-state index in [1.807, 2.05) is 48.5 Å². The van der Waals surface area contributed by atoms with Crippen LogP contribution in [0.4, 0.5) is 0 Å². The van der Waals surface area contributed by atoms with Gasteiger partial charge in [0.2, 0.25) is 0 Å². The van der Waals surface area contributed by atoms with Crippen LogP contribution in [0.3, 0.4) is 0 Å². The average molecular weight is 367 g/mol. The Morgan fingerprint density at radius 2 is 1.56 bits per heavy atom. The number of hydrogen-bond donors (Lipinski definition) is 0. The Bertz CT molecular complexity index is 800. The fourth-order valence-corrected chi connectivity index (χ4v) is 3.11. The van der Waals surface area contributed by atoms with Crippen LogP contribution in [0.1, 0.15) is 31.1 Å². The number of amides is 1. The number of methoxy groups -OCH3 is 2. The summed E-state index contributed by atoms with van der Waals surface area (Å²) in [5, 5.41) is 6.07. The molecule has 0 aromatic heterocycles. The number of carbonyl (C=O) groups is 1. The molecular formula is C21H25N3O3. The number of nitrogens with zero attached hydrogens (tertiary/aromatic N) is 3. The molecule has 6 heteroatoms. The predicted molar refractivity (Wildman–Crippen MR) is 105 cm³/mol. The summed E-state index contributed by atoms with van der Waals surface area (Å²) in [6.07, 6.45) is 1.47. The highest BCUT2D eigenvalue weighted by Gasteiger charge is 2.40. The summed E-state index contributed by atoms with van der Waals surface area (Å²) >= 11 is 0. The summed E-state index contributed by atoms with van der Waals surface area (Å²) in [7, 11) is 3.27. The van der Waals surface area contributed by atoms with Crippen LogP contribution < -0.4 is 9.47 Å².